The molecule has 0 fully saturated rings. The normalized spacial score (nSPS) is 10.9. The highest BCUT2D eigenvalue weighted by atomic mass is 16.5. The standard InChI is InChI=1S/C16H17N3O3/c1-9-7-14(20)19-16(17-9)10(2)15(18-19)11-5-6-12(21-3)13(8-11)22-4/h5-8,18H,1-4H3. The molecule has 0 amide bonds. The van der Waals surface area contributed by atoms with Gasteiger partial charge in [-0.25, -0.2) is 9.50 Å². The van der Waals surface area contributed by atoms with Gasteiger partial charge in [-0.05, 0) is 32.0 Å². The number of nitrogens with one attached hydrogen (secondary N) is 1. The summed E-state index contributed by atoms with van der Waals surface area (Å²) in [5.41, 5.74) is 3.85. The second-order valence-corrected chi connectivity index (χ2v) is 5.08. The molecule has 0 bridgehead atoms. The van der Waals surface area contributed by atoms with Gasteiger partial charge >= 0.3 is 0 Å². The zero-order valence-electron chi connectivity index (χ0n) is 12.9. The molecule has 0 atom stereocenters. The molecular formula is C16H17N3O3. The summed E-state index contributed by atoms with van der Waals surface area (Å²) in [6.07, 6.45) is 0. The van der Waals surface area contributed by atoms with Crippen molar-refractivity contribution in [3.63, 3.8) is 0 Å². The van der Waals surface area contributed by atoms with Crippen molar-refractivity contribution in [3.8, 4) is 22.8 Å². The summed E-state index contributed by atoms with van der Waals surface area (Å²) >= 11 is 0. The molecule has 3 rings (SSSR count). The van der Waals surface area contributed by atoms with Crippen LogP contribution in [0.2, 0.25) is 0 Å². The number of aromatic nitrogens is 3. The van der Waals surface area contributed by atoms with Crippen LogP contribution in [0.3, 0.4) is 0 Å². The number of H-pyrrole nitrogens is 1. The number of hydrogen-bond acceptors (Lipinski definition) is 4. The van der Waals surface area contributed by atoms with E-state index in [2.05, 4.69) is 10.1 Å². The van der Waals surface area contributed by atoms with Crippen LogP contribution in [0.5, 0.6) is 11.5 Å². The monoisotopic (exact) mass is 299 g/mol. The van der Waals surface area contributed by atoms with Crippen molar-refractivity contribution in [2.45, 2.75) is 13.8 Å². The first kappa shape index (κ1) is 14.2. The van der Waals surface area contributed by atoms with E-state index in [1.54, 1.807) is 14.2 Å². The van der Waals surface area contributed by atoms with Gasteiger partial charge in [-0.1, -0.05) is 0 Å². The van der Waals surface area contributed by atoms with Crippen LogP contribution >= 0.6 is 0 Å². The van der Waals surface area contributed by atoms with Gasteiger partial charge in [-0.2, -0.15) is 0 Å². The van der Waals surface area contributed by atoms with E-state index < -0.39 is 0 Å². The van der Waals surface area contributed by atoms with Crippen molar-refractivity contribution in [2.75, 3.05) is 14.2 Å². The van der Waals surface area contributed by atoms with Gasteiger partial charge < -0.3 is 9.47 Å². The van der Waals surface area contributed by atoms with E-state index in [1.807, 2.05) is 32.0 Å². The maximum Gasteiger partial charge on any atom is 0.272 e. The molecule has 1 aromatic carbocycles. The molecule has 6 nitrogen and oxygen atoms in total. The van der Waals surface area contributed by atoms with Crippen molar-refractivity contribution in [1.29, 1.82) is 0 Å². The summed E-state index contributed by atoms with van der Waals surface area (Å²) in [6.45, 7) is 3.74. The minimum atomic E-state index is -0.127. The van der Waals surface area contributed by atoms with Crippen LogP contribution < -0.4 is 15.0 Å². The van der Waals surface area contributed by atoms with Crippen LogP contribution in [-0.2, 0) is 0 Å². The van der Waals surface area contributed by atoms with Crippen LogP contribution in [0.4, 0.5) is 0 Å². The molecule has 0 aliphatic rings. The predicted molar refractivity (Wildman–Crippen MR) is 83.8 cm³/mol. The average molecular weight is 299 g/mol. The van der Waals surface area contributed by atoms with Crippen LogP contribution in [-0.4, -0.2) is 28.8 Å². The summed E-state index contributed by atoms with van der Waals surface area (Å²) in [6, 6.07) is 7.12. The third kappa shape index (κ3) is 2.13. The molecule has 6 heteroatoms. The molecule has 0 saturated heterocycles. The van der Waals surface area contributed by atoms with Crippen LogP contribution in [0.1, 0.15) is 11.3 Å². The number of methoxy groups -OCH3 is 2. The molecule has 1 N–H and O–H groups in total. The Labute approximate surface area is 127 Å². The quantitative estimate of drug-likeness (QED) is 0.806. The van der Waals surface area contributed by atoms with E-state index in [4.69, 9.17) is 9.47 Å². The number of aromatic amines is 1. The minimum Gasteiger partial charge on any atom is -0.493 e. The van der Waals surface area contributed by atoms with Gasteiger partial charge in [-0.15, -0.1) is 0 Å². The Kier molecular flexibility index (Phi) is 3.36. The first-order valence-electron chi connectivity index (χ1n) is 6.86. The third-order valence-electron chi connectivity index (χ3n) is 3.65. The van der Waals surface area contributed by atoms with Gasteiger partial charge in [0, 0.05) is 22.9 Å². The first-order valence-corrected chi connectivity index (χ1v) is 6.86. The topological polar surface area (TPSA) is 68.6 Å². The molecule has 0 unspecified atom stereocenters. The molecule has 0 radical (unpaired) electrons. The fraction of sp³-hybridized carbons (Fsp3) is 0.250. The Hall–Kier alpha value is -2.76. The number of nitrogens with zero attached hydrogens (tertiary/aromatic N) is 2. The van der Waals surface area contributed by atoms with Gasteiger partial charge in [0.05, 0.1) is 19.9 Å². The molecule has 2 heterocycles. The van der Waals surface area contributed by atoms with Gasteiger partial charge in [0.15, 0.2) is 17.1 Å². The zero-order chi connectivity index (χ0) is 15.9. The lowest BCUT2D eigenvalue weighted by Crippen LogP contribution is -2.14. The molecule has 114 valence electrons. The number of aryl methyl sites for hydroxylation is 2. The Morgan fingerprint density at radius 3 is 2.50 bits per heavy atom. The second-order valence-electron chi connectivity index (χ2n) is 5.08. The van der Waals surface area contributed by atoms with Crippen molar-refractivity contribution in [3.05, 3.63) is 45.9 Å². The predicted octanol–water partition coefficient (Wildman–Crippen LogP) is 2.32. The zero-order valence-corrected chi connectivity index (χ0v) is 12.9. The maximum atomic E-state index is 12.1. The van der Waals surface area contributed by atoms with Crippen molar-refractivity contribution < 1.29 is 9.47 Å². The smallest absolute Gasteiger partial charge is 0.272 e. The van der Waals surface area contributed by atoms with Crippen molar-refractivity contribution in [2.24, 2.45) is 0 Å². The summed E-state index contributed by atoms with van der Waals surface area (Å²) in [4.78, 5) is 16.5. The number of rotatable bonds is 3. The molecule has 0 aliphatic carbocycles. The van der Waals surface area contributed by atoms with Crippen molar-refractivity contribution in [1.82, 2.24) is 14.6 Å². The molecular weight excluding hydrogens is 282 g/mol. The Morgan fingerprint density at radius 2 is 1.82 bits per heavy atom. The Balaban J connectivity index is 2.25. The van der Waals surface area contributed by atoms with Crippen LogP contribution in [0, 0.1) is 13.8 Å². The van der Waals surface area contributed by atoms with Crippen LogP contribution in [0.15, 0.2) is 29.1 Å². The lowest BCUT2D eigenvalue weighted by atomic mass is 10.1. The van der Waals surface area contributed by atoms with E-state index in [9.17, 15) is 4.79 Å². The van der Waals surface area contributed by atoms with E-state index in [0.717, 1.165) is 16.8 Å². The average Bonchev–Trinajstić information content (AvgIpc) is 2.84. The van der Waals surface area contributed by atoms with Gasteiger partial charge in [-0.3, -0.25) is 9.89 Å². The van der Waals surface area contributed by atoms with E-state index in [-0.39, 0.29) is 5.56 Å². The van der Waals surface area contributed by atoms with Gasteiger partial charge in [0.2, 0.25) is 0 Å². The fourth-order valence-electron chi connectivity index (χ4n) is 2.54. The first-order chi connectivity index (χ1) is 10.5. The summed E-state index contributed by atoms with van der Waals surface area (Å²) in [5.74, 6) is 1.29. The summed E-state index contributed by atoms with van der Waals surface area (Å²) < 4.78 is 12.0. The Bertz CT molecular complexity index is 909. The third-order valence-corrected chi connectivity index (χ3v) is 3.65. The van der Waals surface area contributed by atoms with E-state index in [0.29, 0.717) is 22.8 Å². The van der Waals surface area contributed by atoms with E-state index >= 15 is 0 Å². The minimum absolute atomic E-state index is 0.127. The maximum absolute atomic E-state index is 12.1. The van der Waals surface area contributed by atoms with E-state index in [1.165, 1.54) is 10.6 Å². The van der Waals surface area contributed by atoms with Gasteiger partial charge in [0.1, 0.15) is 0 Å². The molecule has 0 spiro atoms. The highest BCUT2D eigenvalue weighted by Gasteiger charge is 2.14. The highest BCUT2D eigenvalue weighted by molar-refractivity contribution is 5.72. The van der Waals surface area contributed by atoms with Crippen molar-refractivity contribution >= 4 is 5.65 Å². The molecule has 22 heavy (non-hydrogen) atoms. The van der Waals surface area contributed by atoms with Crippen LogP contribution in [0.25, 0.3) is 16.9 Å². The molecule has 3 aromatic rings. The van der Waals surface area contributed by atoms with Gasteiger partial charge in [0.25, 0.3) is 5.56 Å². The summed E-state index contributed by atoms with van der Waals surface area (Å²) in [5, 5.41) is 3.11. The highest BCUT2D eigenvalue weighted by Crippen LogP contribution is 2.33. The summed E-state index contributed by atoms with van der Waals surface area (Å²) in [7, 11) is 3.19. The number of benzene rings is 1. The lowest BCUT2D eigenvalue weighted by Gasteiger charge is -2.09. The number of fused-ring (bicyclic) bond motifs is 1. The molecule has 0 aliphatic heterocycles. The molecule has 0 saturated carbocycles. The number of hydrogen-bond donors (Lipinski definition) is 1. The largest absolute Gasteiger partial charge is 0.493 e. The fourth-order valence-corrected chi connectivity index (χ4v) is 2.54. The number of ether oxygens (including phenoxy) is 2. The SMILES string of the molecule is COc1ccc(-c2[nH]n3c(=O)cc(C)nc3c2C)cc1OC. The lowest BCUT2D eigenvalue weighted by molar-refractivity contribution is 0.355. The Morgan fingerprint density at radius 1 is 1.09 bits per heavy atom. The second kappa shape index (κ2) is 5.22. The molecule has 2 aromatic heterocycles.